The lowest BCUT2D eigenvalue weighted by atomic mass is 9.95. The van der Waals surface area contributed by atoms with Gasteiger partial charge < -0.3 is 16.2 Å². The van der Waals surface area contributed by atoms with Gasteiger partial charge in [-0.15, -0.1) is 0 Å². The van der Waals surface area contributed by atoms with Crippen LogP contribution in [0.5, 0.6) is 0 Å². The highest BCUT2D eigenvalue weighted by atomic mass is 16.5. The molecule has 4 rings (SSSR count). The maximum Gasteiger partial charge on any atom is 0.165 e. The lowest BCUT2D eigenvalue weighted by molar-refractivity contribution is 0.0846. The maximum absolute atomic E-state index is 6.12. The standard InChI is InChI=1S/C15H17N7O/c16-12-13(9-1-5-23-6-2-9)20-15(21-14(12)17)10-7-19-22-4-3-18-8-11(10)22/h3-4,7-9H,1-2,5-6,16H2,(H2,17,20,21). The predicted molar refractivity (Wildman–Crippen MR) is 85.6 cm³/mol. The van der Waals surface area contributed by atoms with E-state index < -0.39 is 0 Å². The molecule has 0 saturated carbocycles. The zero-order valence-corrected chi connectivity index (χ0v) is 12.5. The SMILES string of the molecule is Nc1nc(-c2cnn3ccncc23)nc(C2CCOCC2)c1N. The first-order valence-corrected chi connectivity index (χ1v) is 7.52. The molecular formula is C15H17N7O. The molecule has 0 spiro atoms. The van der Waals surface area contributed by atoms with Crippen molar-refractivity contribution in [3.8, 4) is 11.4 Å². The molecule has 0 bridgehead atoms. The Morgan fingerprint density at radius 2 is 1.96 bits per heavy atom. The van der Waals surface area contributed by atoms with Crippen LogP contribution in [-0.2, 0) is 4.74 Å². The summed E-state index contributed by atoms with van der Waals surface area (Å²) in [5.74, 6) is 1.08. The number of nitrogens with zero attached hydrogens (tertiary/aromatic N) is 5. The van der Waals surface area contributed by atoms with E-state index in [-0.39, 0.29) is 5.92 Å². The number of fused-ring (bicyclic) bond motifs is 1. The molecule has 118 valence electrons. The first kappa shape index (κ1) is 13.9. The number of nitrogens with two attached hydrogens (primary N) is 2. The van der Waals surface area contributed by atoms with Crippen molar-refractivity contribution in [3.05, 3.63) is 30.5 Å². The summed E-state index contributed by atoms with van der Waals surface area (Å²) in [5.41, 5.74) is 15.0. The van der Waals surface area contributed by atoms with E-state index in [0.29, 0.717) is 30.5 Å². The molecule has 1 aliphatic heterocycles. The van der Waals surface area contributed by atoms with E-state index in [4.69, 9.17) is 21.2 Å². The van der Waals surface area contributed by atoms with Crippen LogP contribution in [0.25, 0.3) is 16.9 Å². The molecule has 0 aliphatic carbocycles. The second-order valence-electron chi connectivity index (χ2n) is 5.58. The highest BCUT2D eigenvalue weighted by molar-refractivity contribution is 5.77. The number of rotatable bonds is 2. The Hall–Kier alpha value is -2.74. The lowest BCUT2D eigenvalue weighted by Crippen LogP contribution is -2.18. The summed E-state index contributed by atoms with van der Waals surface area (Å²) in [5, 5.41) is 4.29. The van der Waals surface area contributed by atoms with Crippen molar-refractivity contribution in [2.45, 2.75) is 18.8 Å². The Kier molecular flexibility index (Phi) is 3.30. The van der Waals surface area contributed by atoms with Gasteiger partial charge in [0.1, 0.15) is 0 Å². The third-order valence-electron chi connectivity index (χ3n) is 4.18. The molecule has 1 aliphatic rings. The summed E-state index contributed by atoms with van der Waals surface area (Å²) in [4.78, 5) is 13.2. The number of anilines is 2. The van der Waals surface area contributed by atoms with Crippen LogP contribution in [0.1, 0.15) is 24.5 Å². The minimum Gasteiger partial charge on any atom is -0.394 e. The van der Waals surface area contributed by atoms with E-state index in [1.165, 1.54) is 0 Å². The Morgan fingerprint density at radius 3 is 2.78 bits per heavy atom. The van der Waals surface area contributed by atoms with Crippen LogP contribution in [0.2, 0.25) is 0 Å². The predicted octanol–water partition coefficient (Wildman–Crippen LogP) is 1.24. The van der Waals surface area contributed by atoms with Gasteiger partial charge in [-0.05, 0) is 12.8 Å². The molecule has 3 aromatic heterocycles. The molecule has 4 heterocycles. The number of hydrogen-bond acceptors (Lipinski definition) is 7. The van der Waals surface area contributed by atoms with Gasteiger partial charge in [0.2, 0.25) is 0 Å². The van der Waals surface area contributed by atoms with E-state index in [0.717, 1.165) is 29.6 Å². The van der Waals surface area contributed by atoms with Gasteiger partial charge in [-0.1, -0.05) is 0 Å². The zero-order chi connectivity index (χ0) is 15.8. The highest BCUT2D eigenvalue weighted by Gasteiger charge is 2.23. The molecule has 0 radical (unpaired) electrons. The minimum absolute atomic E-state index is 0.243. The van der Waals surface area contributed by atoms with Crippen LogP contribution in [0.3, 0.4) is 0 Å². The van der Waals surface area contributed by atoms with Gasteiger partial charge in [-0.3, -0.25) is 4.98 Å². The molecule has 0 aromatic carbocycles. The van der Waals surface area contributed by atoms with Crippen LogP contribution >= 0.6 is 0 Å². The summed E-state index contributed by atoms with van der Waals surface area (Å²) in [7, 11) is 0. The van der Waals surface area contributed by atoms with Crippen molar-refractivity contribution < 1.29 is 4.74 Å². The molecular weight excluding hydrogens is 294 g/mol. The summed E-state index contributed by atoms with van der Waals surface area (Å²) >= 11 is 0. The summed E-state index contributed by atoms with van der Waals surface area (Å²) in [6, 6.07) is 0. The minimum atomic E-state index is 0.243. The van der Waals surface area contributed by atoms with E-state index in [1.54, 1.807) is 29.3 Å². The molecule has 23 heavy (non-hydrogen) atoms. The fraction of sp³-hybridized carbons (Fsp3) is 0.333. The van der Waals surface area contributed by atoms with Crippen molar-refractivity contribution in [1.82, 2.24) is 24.6 Å². The van der Waals surface area contributed by atoms with E-state index in [1.807, 2.05) is 0 Å². The molecule has 1 fully saturated rings. The average Bonchev–Trinajstić information content (AvgIpc) is 3.02. The van der Waals surface area contributed by atoms with E-state index in [9.17, 15) is 0 Å². The van der Waals surface area contributed by atoms with Crippen molar-refractivity contribution in [2.24, 2.45) is 0 Å². The van der Waals surface area contributed by atoms with Gasteiger partial charge in [-0.25, -0.2) is 14.5 Å². The fourth-order valence-electron chi connectivity index (χ4n) is 2.91. The van der Waals surface area contributed by atoms with E-state index in [2.05, 4.69) is 15.1 Å². The average molecular weight is 311 g/mol. The van der Waals surface area contributed by atoms with Crippen LogP contribution in [-0.4, -0.2) is 37.8 Å². The largest absolute Gasteiger partial charge is 0.394 e. The highest BCUT2D eigenvalue weighted by Crippen LogP contribution is 2.33. The molecule has 4 N–H and O–H groups in total. The van der Waals surface area contributed by atoms with Gasteiger partial charge in [0.05, 0.1) is 34.9 Å². The van der Waals surface area contributed by atoms with Gasteiger partial charge in [0.25, 0.3) is 0 Å². The fourth-order valence-corrected chi connectivity index (χ4v) is 2.91. The molecule has 1 saturated heterocycles. The Bertz CT molecular complexity index is 854. The summed E-state index contributed by atoms with van der Waals surface area (Å²) in [6.45, 7) is 1.42. The molecule has 8 nitrogen and oxygen atoms in total. The smallest absolute Gasteiger partial charge is 0.165 e. The van der Waals surface area contributed by atoms with Gasteiger partial charge in [-0.2, -0.15) is 5.10 Å². The van der Waals surface area contributed by atoms with Gasteiger partial charge >= 0.3 is 0 Å². The molecule has 0 unspecified atom stereocenters. The summed E-state index contributed by atoms with van der Waals surface area (Å²) in [6.07, 6.45) is 8.67. The van der Waals surface area contributed by atoms with Gasteiger partial charge in [0, 0.05) is 31.5 Å². The van der Waals surface area contributed by atoms with Crippen LogP contribution in [0.4, 0.5) is 11.5 Å². The third kappa shape index (κ3) is 2.36. The molecule has 8 heteroatoms. The molecule has 0 amide bonds. The number of ether oxygens (including phenoxy) is 1. The van der Waals surface area contributed by atoms with Crippen molar-refractivity contribution >= 4 is 17.0 Å². The normalized spacial score (nSPS) is 16.0. The first-order chi connectivity index (χ1) is 11.2. The zero-order valence-electron chi connectivity index (χ0n) is 12.5. The number of aromatic nitrogens is 5. The van der Waals surface area contributed by atoms with Crippen LogP contribution in [0, 0.1) is 0 Å². The van der Waals surface area contributed by atoms with Crippen LogP contribution in [0.15, 0.2) is 24.8 Å². The topological polar surface area (TPSA) is 117 Å². The van der Waals surface area contributed by atoms with Crippen LogP contribution < -0.4 is 11.5 Å². The number of nitrogen functional groups attached to an aromatic ring is 2. The maximum atomic E-state index is 6.12. The number of hydrogen-bond donors (Lipinski definition) is 2. The first-order valence-electron chi connectivity index (χ1n) is 7.52. The third-order valence-corrected chi connectivity index (χ3v) is 4.18. The van der Waals surface area contributed by atoms with Gasteiger partial charge in [0.15, 0.2) is 11.6 Å². The Morgan fingerprint density at radius 1 is 1.13 bits per heavy atom. The Balaban J connectivity index is 1.84. The monoisotopic (exact) mass is 311 g/mol. The molecule has 3 aromatic rings. The Labute approximate surface area is 132 Å². The quantitative estimate of drug-likeness (QED) is 0.731. The lowest BCUT2D eigenvalue weighted by Gasteiger charge is -2.23. The van der Waals surface area contributed by atoms with Crippen molar-refractivity contribution in [3.63, 3.8) is 0 Å². The second kappa shape index (κ2) is 5.47. The van der Waals surface area contributed by atoms with Crippen molar-refractivity contribution in [1.29, 1.82) is 0 Å². The van der Waals surface area contributed by atoms with E-state index >= 15 is 0 Å². The van der Waals surface area contributed by atoms with Crippen molar-refractivity contribution in [2.75, 3.05) is 24.7 Å². The second-order valence-corrected chi connectivity index (χ2v) is 5.58. The summed E-state index contributed by atoms with van der Waals surface area (Å²) < 4.78 is 7.14. The molecule has 0 atom stereocenters.